The van der Waals surface area contributed by atoms with Crippen LogP contribution in [0.15, 0.2) is 18.2 Å². The standard InChI is InChI=1S/C15H22N2O4/c1-3-21-15(20)11-9-16-7-8-17(11)10(2)14-12(18)5-4-6-13(14)19/h4-6,10-11,16,18-19H,3,7-9H2,1-2H3. The molecule has 0 saturated carbocycles. The van der Waals surface area contributed by atoms with Gasteiger partial charge in [0.25, 0.3) is 0 Å². The molecule has 1 aromatic carbocycles. The molecular weight excluding hydrogens is 272 g/mol. The van der Waals surface area contributed by atoms with Gasteiger partial charge in [0.1, 0.15) is 17.5 Å². The molecule has 2 rings (SSSR count). The highest BCUT2D eigenvalue weighted by Gasteiger charge is 2.35. The number of benzene rings is 1. The van der Waals surface area contributed by atoms with Crippen molar-refractivity contribution in [3.05, 3.63) is 23.8 Å². The molecule has 1 saturated heterocycles. The quantitative estimate of drug-likeness (QED) is 0.719. The van der Waals surface area contributed by atoms with Crippen LogP contribution in [0.5, 0.6) is 11.5 Å². The van der Waals surface area contributed by atoms with Gasteiger partial charge in [-0.1, -0.05) is 6.07 Å². The van der Waals surface area contributed by atoms with Crippen molar-refractivity contribution in [2.45, 2.75) is 25.9 Å². The van der Waals surface area contributed by atoms with Gasteiger partial charge in [0.2, 0.25) is 0 Å². The molecule has 1 heterocycles. The van der Waals surface area contributed by atoms with Crippen molar-refractivity contribution in [1.82, 2.24) is 10.2 Å². The van der Waals surface area contributed by atoms with Crippen LogP contribution < -0.4 is 5.32 Å². The number of carbonyl (C=O) groups is 1. The third-order valence-corrected chi connectivity index (χ3v) is 3.82. The fraction of sp³-hybridized carbons (Fsp3) is 0.533. The second-order valence-electron chi connectivity index (χ2n) is 5.10. The lowest BCUT2D eigenvalue weighted by molar-refractivity contribution is -0.151. The van der Waals surface area contributed by atoms with Crippen LogP contribution in [0.1, 0.15) is 25.5 Å². The molecule has 3 N–H and O–H groups in total. The molecule has 1 aromatic rings. The van der Waals surface area contributed by atoms with Crippen LogP contribution in [-0.4, -0.2) is 53.4 Å². The van der Waals surface area contributed by atoms with Gasteiger partial charge >= 0.3 is 5.97 Å². The Morgan fingerprint density at radius 3 is 2.76 bits per heavy atom. The third-order valence-electron chi connectivity index (χ3n) is 3.82. The summed E-state index contributed by atoms with van der Waals surface area (Å²) < 4.78 is 5.11. The van der Waals surface area contributed by atoms with Gasteiger partial charge in [-0.3, -0.25) is 9.69 Å². The molecule has 21 heavy (non-hydrogen) atoms. The normalized spacial score (nSPS) is 21.0. The summed E-state index contributed by atoms with van der Waals surface area (Å²) in [5, 5.41) is 23.2. The van der Waals surface area contributed by atoms with E-state index in [0.29, 0.717) is 25.3 Å². The highest BCUT2D eigenvalue weighted by molar-refractivity contribution is 5.76. The fourth-order valence-electron chi connectivity index (χ4n) is 2.78. The summed E-state index contributed by atoms with van der Waals surface area (Å²) in [6.45, 7) is 5.85. The van der Waals surface area contributed by atoms with Crippen molar-refractivity contribution in [2.75, 3.05) is 26.2 Å². The second kappa shape index (κ2) is 6.78. The Morgan fingerprint density at radius 2 is 2.14 bits per heavy atom. The lowest BCUT2D eigenvalue weighted by Gasteiger charge is -2.39. The van der Waals surface area contributed by atoms with Crippen LogP contribution in [-0.2, 0) is 9.53 Å². The molecule has 116 valence electrons. The number of phenols is 2. The number of aromatic hydroxyl groups is 2. The average molecular weight is 294 g/mol. The molecule has 1 fully saturated rings. The summed E-state index contributed by atoms with van der Waals surface area (Å²) in [5.41, 5.74) is 0.439. The van der Waals surface area contributed by atoms with Gasteiger partial charge in [-0.2, -0.15) is 0 Å². The highest BCUT2D eigenvalue weighted by atomic mass is 16.5. The Labute approximate surface area is 124 Å². The molecule has 0 spiro atoms. The van der Waals surface area contributed by atoms with Crippen molar-refractivity contribution in [3.8, 4) is 11.5 Å². The van der Waals surface area contributed by atoms with Gasteiger partial charge in [-0.15, -0.1) is 0 Å². The maximum absolute atomic E-state index is 12.1. The number of piperazine rings is 1. The van der Waals surface area contributed by atoms with E-state index in [4.69, 9.17) is 4.74 Å². The molecule has 0 amide bonds. The molecule has 0 aliphatic carbocycles. The molecule has 1 aliphatic heterocycles. The maximum atomic E-state index is 12.1. The van der Waals surface area contributed by atoms with E-state index in [1.807, 2.05) is 11.8 Å². The van der Waals surface area contributed by atoms with Gasteiger partial charge < -0.3 is 20.3 Å². The van der Waals surface area contributed by atoms with Crippen molar-refractivity contribution < 1.29 is 19.7 Å². The molecule has 6 nitrogen and oxygen atoms in total. The predicted octanol–water partition coefficient (Wildman–Crippen LogP) is 0.996. The topological polar surface area (TPSA) is 82.0 Å². The monoisotopic (exact) mass is 294 g/mol. The molecule has 0 radical (unpaired) electrons. The fourth-order valence-corrected chi connectivity index (χ4v) is 2.78. The Morgan fingerprint density at radius 1 is 1.48 bits per heavy atom. The number of ether oxygens (including phenoxy) is 1. The van der Waals surface area contributed by atoms with E-state index in [1.54, 1.807) is 13.0 Å². The van der Waals surface area contributed by atoms with Crippen molar-refractivity contribution in [1.29, 1.82) is 0 Å². The largest absolute Gasteiger partial charge is 0.507 e. The summed E-state index contributed by atoms with van der Waals surface area (Å²) in [4.78, 5) is 14.0. The molecule has 2 atom stereocenters. The zero-order chi connectivity index (χ0) is 15.4. The SMILES string of the molecule is CCOC(=O)C1CNCCN1C(C)c1c(O)cccc1O. The van der Waals surface area contributed by atoms with E-state index in [2.05, 4.69) is 5.32 Å². The van der Waals surface area contributed by atoms with Crippen LogP contribution >= 0.6 is 0 Å². The molecule has 1 aliphatic rings. The molecule has 2 unspecified atom stereocenters. The summed E-state index contributed by atoms with van der Waals surface area (Å²) in [7, 11) is 0. The van der Waals surface area contributed by atoms with E-state index in [1.165, 1.54) is 12.1 Å². The first kappa shape index (κ1) is 15.6. The smallest absolute Gasteiger partial charge is 0.324 e. The van der Waals surface area contributed by atoms with E-state index in [9.17, 15) is 15.0 Å². The first-order valence-electron chi connectivity index (χ1n) is 7.20. The van der Waals surface area contributed by atoms with Gasteiger partial charge in [-0.05, 0) is 26.0 Å². The second-order valence-corrected chi connectivity index (χ2v) is 5.10. The number of phenolic OH excluding ortho intramolecular Hbond substituents is 2. The van der Waals surface area contributed by atoms with Crippen molar-refractivity contribution >= 4 is 5.97 Å². The minimum absolute atomic E-state index is 0.0311. The van der Waals surface area contributed by atoms with Gasteiger partial charge in [-0.25, -0.2) is 0 Å². The minimum Gasteiger partial charge on any atom is -0.507 e. The zero-order valence-corrected chi connectivity index (χ0v) is 12.4. The molecule has 0 bridgehead atoms. The van der Waals surface area contributed by atoms with E-state index in [0.717, 1.165) is 6.54 Å². The number of esters is 1. The Kier molecular flexibility index (Phi) is 5.03. The number of nitrogens with zero attached hydrogens (tertiary/aromatic N) is 1. The van der Waals surface area contributed by atoms with Crippen LogP contribution in [0, 0.1) is 0 Å². The number of carbonyl (C=O) groups excluding carboxylic acids is 1. The molecule has 0 aromatic heterocycles. The lowest BCUT2D eigenvalue weighted by Crippen LogP contribution is -2.56. The first-order chi connectivity index (χ1) is 10.1. The maximum Gasteiger partial charge on any atom is 0.324 e. The van der Waals surface area contributed by atoms with Crippen LogP contribution in [0.3, 0.4) is 0 Å². The summed E-state index contributed by atoms with van der Waals surface area (Å²) >= 11 is 0. The van der Waals surface area contributed by atoms with Crippen LogP contribution in [0.4, 0.5) is 0 Å². The lowest BCUT2D eigenvalue weighted by atomic mass is 10.0. The molecule has 6 heteroatoms. The van der Waals surface area contributed by atoms with Crippen LogP contribution in [0.2, 0.25) is 0 Å². The summed E-state index contributed by atoms with van der Waals surface area (Å²) in [6, 6.07) is 3.94. The third kappa shape index (κ3) is 3.28. The van der Waals surface area contributed by atoms with E-state index in [-0.39, 0.29) is 23.5 Å². The Hall–Kier alpha value is -1.79. The Bertz CT molecular complexity index is 486. The number of hydrogen-bond donors (Lipinski definition) is 3. The highest BCUT2D eigenvalue weighted by Crippen LogP contribution is 2.36. The van der Waals surface area contributed by atoms with Gasteiger partial charge in [0.15, 0.2) is 0 Å². The number of rotatable bonds is 4. The van der Waals surface area contributed by atoms with E-state index >= 15 is 0 Å². The summed E-state index contributed by atoms with van der Waals surface area (Å²) in [6.07, 6.45) is 0. The van der Waals surface area contributed by atoms with E-state index < -0.39 is 6.04 Å². The average Bonchev–Trinajstić information content (AvgIpc) is 2.47. The zero-order valence-electron chi connectivity index (χ0n) is 12.4. The Balaban J connectivity index is 2.26. The minimum atomic E-state index is -0.423. The van der Waals surface area contributed by atoms with Crippen LogP contribution in [0.25, 0.3) is 0 Å². The van der Waals surface area contributed by atoms with Gasteiger partial charge in [0, 0.05) is 25.7 Å². The number of hydrogen-bond acceptors (Lipinski definition) is 6. The summed E-state index contributed by atoms with van der Waals surface area (Å²) in [5.74, 6) is -0.223. The van der Waals surface area contributed by atoms with Crippen molar-refractivity contribution in [2.24, 2.45) is 0 Å². The predicted molar refractivity (Wildman–Crippen MR) is 78.2 cm³/mol. The van der Waals surface area contributed by atoms with Gasteiger partial charge in [0.05, 0.1) is 12.2 Å². The van der Waals surface area contributed by atoms with Crippen molar-refractivity contribution in [3.63, 3.8) is 0 Å². The molecular formula is C15H22N2O4. The first-order valence-corrected chi connectivity index (χ1v) is 7.20. The number of nitrogens with one attached hydrogen (secondary N) is 1.